The first-order chi connectivity index (χ1) is 7.79. The molecule has 1 heterocycles. The topological polar surface area (TPSA) is 52.6 Å². The Labute approximate surface area is 110 Å². The highest BCUT2D eigenvalue weighted by molar-refractivity contribution is 5.85. The fraction of sp³-hybridized carbons (Fsp3) is 0.917. The van der Waals surface area contributed by atoms with Crippen LogP contribution in [0.25, 0.3) is 0 Å². The number of aliphatic hydroxyl groups is 1. The third-order valence-electron chi connectivity index (χ3n) is 3.07. The van der Waals surface area contributed by atoms with Gasteiger partial charge in [-0.15, -0.1) is 12.4 Å². The summed E-state index contributed by atoms with van der Waals surface area (Å²) in [6, 6.07) is -0.00632. The van der Waals surface area contributed by atoms with Gasteiger partial charge in [-0.2, -0.15) is 0 Å². The second-order valence-corrected chi connectivity index (χ2v) is 4.40. The quantitative estimate of drug-likeness (QED) is 0.679. The minimum absolute atomic E-state index is 0. The molecule has 1 atom stereocenters. The van der Waals surface area contributed by atoms with Crippen LogP contribution in [0.4, 0.5) is 0 Å². The molecule has 0 aliphatic carbocycles. The molecule has 0 aromatic heterocycles. The van der Waals surface area contributed by atoms with E-state index in [-0.39, 0.29) is 31.0 Å². The summed E-state index contributed by atoms with van der Waals surface area (Å²) in [5.74, 6) is 0.169. The third-order valence-corrected chi connectivity index (χ3v) is 3.07. The van der Waals surface area contributed by atoms with Crippen molar-refractivity contribution in [3.8, 4) is 0 Å². The van der Waals surface area contributed by atoms with Crippen molar-refractivity contribution in [1.82, 2.24) is 10.2 Å². The van der Waals surface area contributed by atoms with Crippen LogP contribution < -0.4 is 5.32 Å². The van der Waals surface area contributed by atoms with Crippen LogP contribution in [0.1, 0.15) is 39.0 Å². The van der Waals surface area contributed by atoms with E-state index >= 15 is 0 Å². The van der Waals surface area contributed by atoms with E-state index in [4.69, 9.17) is 5.11 Å². The molecule has 5 heteroatoms. The van der Waals surface area contributed by atoms with Gasteiger partial charge in [-0.1, -0.05) is 19.8 Å². The Morgan fingerprint density at radius 3 is 2.71 bits per heavy atom. The zero-order valence-electron chi connectivity index (χ0n) is 10.7. The summed E-state index contributed by atoms with van der Waals surface area (Å²) < 4.78 is 0. The Bertz CT molecular complexity index is 209. The van der Waals surface area contributed by atoms with Gasteiger partial charge in [0.2, 0.25) is 5.91 Å². The lowest BCUT2D eigenvalue weighted by atomic mass is 10.2. The zero-order chi connectivity index (χ0) is 11.8. The summed E-state index contributed by atoms with van der Waals surface area (Å²) in [5.41, 5.74) is 0. The predicted molar refractivity (Wildman–Crippen MR) is 71.5 cm³/mol. The molecule has 0 spiro atoms. The molecule has 0 radical (unpaired) electrons. The minimum atomic E-state index is -0.00632. The van der Waals surface area contributed by atoms with E-state index in [1.165, 1.54) is 0 Å². The van der Waals surface area contributed by atoms with Gasteiger partial charge in [0.1, 0.15) is 0 Å². The molecular weight excluding hydrogens is 240 g/mol. The number of aliphatic hydroxyl groups excluding tert-OH is 1. The molecule has 1 aliphatic heterocycles. The lowest BCUT2D eigenvalue weighted by Crippen LogP contribution is -2.45. The maximum absolute atomic E-state index is 12.1. The summed E-state index contributed by atoms with van der Waals surface area (Å²) >= 11 is 0. The average molecular weight is 265 g/mol. The first-order valence-electron chi connectivity index (χ1n) is 6.42. The molecule has 17 heavy (non-hydrogen) atoms. The minimum Gasteiger partial charge on any atom is -0.395 e. The fourth-order valence-corrected chi connectivity index (χ4v) is 2.12. The monoisotopic (exact) mass is 264 g/mol. The highest BCUT2D eigenvalue weighted by atomic mass is 35.5. The second-order valence-electron chi connectivity index (χ2n) is 4.40. The van der Waals surface area contributed by atoms with E-state index in [1.54, 1.807) is 4.90 Å². The molecule has 1 aliphatic rings. The molecule has 1 unspecified atom stereocenters. The van der Waals surface area contributed by atoms with Crippen LogP contribution in [0.2, 0.25) is 0 Å². The van der Waals surface area contributed by atoms with Gasteiger partial charge in [0.15, 0.2) is 0 Å². The molecule has 1 rings (SSSR count). The number of carbonyl (C=O) groups excluding carboxylic acids is 1. The molecule has 1 fully saturated rings. The van der Waals surface area contributed by atoms with Crippen molar-refractivity contribution in [2.75, 3.05) is 26.2 Å². The largest absolute Gasteiger partial charge is 0.395 e. The smallest absolute Gasteiger partial charge is 0.239 e. The molecule has 1 saturated heterocycles. The number of amides is 1. The van der Waals surface area contributed by atoms with Gasteiger partial charge in [-0.25, -0.2) is 0 Å². The van der Waals surface area contributed by atoms with E-state index in [9.17, 15) is 4.79 Å². The molecule has 102 valence electrons. The van der Waals surface area contributed by atoms with Crippen LogP contribution in [0.3, 0.4) is 0 Å². The fourth-order valence-electron chi connectivity index (χ4n) is 2.12. The number of unbranched alkanes of at least 4 members (excludes halogenated alkanes) is 2. The van der Waals surface area contributed by atoms with Crippen molar-refractivity contribution in [3.05, 3.63) is 0 Å². The van der Waals surface area contributed by atoms with Crippen LogP contribution in [0.15, 0.2) is 0 Å². The lowest BCUT2D eigenvalue weighted by molar-refractivity contribution is -0.133. The van der Waals surface area contributed by atoms with E-state index in [0.29, 0.717) is 6.54 Å². The molecule has 0 bridgehead atoms. The number of hydrogen-bond acceptors (Lipinski definition) is 3. The van der Waals surface area contributed by atoms with Crippen LogP contribution in [-0.4, -0.2) is 48.2 Å². The van der Waals surface area contributed by atoms with Crippen LogP contribution in [0, 0.1) is 0 Å². The number of rotatable bonds is 7. The van der Waals surface area contributed by atoms with E-state index < -0.39 is 0 Å². The van der Waals surface area contributed by atoms with Crippen molar-refractivity contribution in [3.63, 3.8) is 0 Å². The Morgan fingerprint density at radius 1 is 1.41 bits per heavy atom. The molecular formula is C12H25ClN2O2. The third kappa shape index (κ3) is 5.70. The second kappa shape index (κ2) is 9.68. The number of hydrogen-bond donors (Lipinski definition) is 2. The summed E-state index contributed by atoms with van der Waals surface area (Å²) in [5, 5.41) is 12.2. The first kappa shape index (κ1) is 16.7. The number of halogens is 1. The maximum Gasteiger partial charge on any atom is 0.239 e. The molecule has 0 aromatic carbocycles. The Balaban J connectivity index is 0.00000256. The molecule has 2 N–H and O–H groups in total. The number of nitrogens with zero attached hydrogens (tertiary/aromatic N) is 1. The zero-order valence-corrected chi connectivity index (χ0v) is 11.5. The van der Waals surface area contributed by atoms with Gasteiger partial charge in [-0.3, -0.25) is 4.79 Å². The van der Waals surface area contributed by atoms with Crippen LogP contribution >= 0.6 is 12.4 Å². The highest BCUT2D eigenvalue weighted by Crippen LogP contribution is 2.09. The van der Waals surface area contributed by atoms with Gasteiger partial charge in [0, 0.05) is 13.1 Å². The van der Waals surface area contributed by atoms with Crippen molar-refractivity contribution < 1.29 is 9.90 Å². The standard InChI is InChI=1S/C12H24N2O2.ClH/c1-2-3-4-8-14(9-10-15)12(16)11-6-5-7-13-11;/h11,13,15H,2-10H2,1H3;1H. The van der Waals surface area contributed by atoms with Gasteiger partial charge in [0.25, 0.3) is 0 Å². The Hall–Kier alpha value is -0.320. The van der Waals surface area contributed by atoms with Crippen molar-refractivity contribution >= 4 is 18.3 Å². The Morgan fingerprint density at radius 2 is 2.18 bits per heavy atom. The molecule has 1 amide bonds. The van der Waals surface area contributed by atoms with Crippen molar-refractivity contribution in [2.24, 2.45) is 0 Å². The van der Waals surface area contributed by atoms with E-state index in [0.717, 1.165) is 45.2 Å². The SMILES string of the molecule is CCCCCN(CCO)C(=O)C1CCCN1.Cl. The summed E-state index contributed by atoms with van der Waals surface area (Å²) in [7, 11) is 0. The van der Waals surface area contributed by atoms with Crippen LogP contribution in [0.5, 0.6) is 0 Å². The van der Waals surface area contributed by atoms with Crippen molar-refractivity contribution in [1.29, 1.82) is 0 Å². The Kier molecular flexibility index (Phi) is 9.50. The van der Waals surface area contributed by atoms with Gasteiger partial charge in [-0.05, 0) is 25.8 Å². The first-order valence-corrected chi connectivity index (χ1v) is 6.42. The lowest BCUT2D eigenvalue weighted by Gasteiger charge is -2.25. The summed E-state index contributed by atoms with van der Waals surface area (Å²) in [4.78, 5) is 13.9. The normalized spacial score (nSPS) is 18.8. The number of carbonyl (C=O) groups is 1. The molecule has 4 nitrogen and oxygen atoms in total. The average Bonchev–Trinajstić information content (AvgIpc) is 2.81. The van der Waals surface area contributed by atoms with Gasteiger partial charge >= 0.3 is 0 Å². The number of nitrogens with one attached hydrogen (secondary N) is 1. The van der Waals surface area contributed by atoms with Gasteiger partial charge < -0.3 is 15.3 Å². The summed E-state index contributed by atoms with van der Waals surface area (Å²) in [6.45, 7) is 4.41. The van der Waals surface area contributed by atoms with Crippen molar-refractivity contribution in [2.45, 2.75) is 45.1 Å². The van der Waals surface area contributed by atoms with Crippen LogP contribution in [-0.2, 0) is 4.79 Å². The highest BCUT2D eigenvalue weighted by Gasteiger charge is 2.26. The van der Waals surface area contributed by atoms with E-state index in [2.05, 4.69) is 12.2 Å². The molecule has 0 saturated carbocycles. The maximum atomic E-state index is 12.1. The van der Waals surface area contributed by atoms with E-state index in [1.807, 2.05) is 0 Å². The molecule has 0 aromatic rings. The predicted octanol–water partition coefficient (Wildman–Crippen LogP) is 1.17. The summed E-state index contributed by atoms with van der Waals surface area (Å²) in [6.07, 6.45) is 5.36. The van der Waals surface area contributed by atoms with Gasteiger partial charge in [0.05, 0.1) is 12.6 Å².